The quantitative estimate of drug-likeness (QED) is 0.744. The van der Waals surface area contributed by atoms with E-state index in [2.05, 4.69) is 10.1 Å². The average Bonchev–Trinajstić information content (AvgIpc) is 3.30. The number of hydrogen-bond acceptors (Lipinski definition) is 3. The summed E-state index contributed by atoms with van der Waals surface area (Å²) < 4.78 is 3.94. The second kappa shape index (κ2) is 6.11. The van der Waals surface area contributed by atoms with Crippen molar-refractivity contribution in [2.75, 3.05) is 13.1 Å². The van der Waals surface area contributed by atoms with Gasteiger partial charge in [0.1, 0.15) is 6.04 Å². The van der Waals surface area contributed by atoms with Crippen LogP contribution in [0.5, 0.6) is 0 Å². The number of aromatic nitrogens is 4. The molecule has 24 heavy (non-hydrogen) atoms. The van der Waals surface area contributed by atoms with Gasteiger partial charge in [0.2, 0.25) is 5.91 Å². The zero-order valence-electron chi connectivity index (χ0n) is 13.7. The minimum atomic E-state index is -0.256. The van der Waals surface area contributed by atoms with Crippen LogP contribution in [0.2, 0.25) is 0 Å². The van der Waals surface area contributed by atoms with Crippen LogP contribution in [0.25, 0.3) is 11.0 Å². The van der Waals surface area contributed by atoms with Crippen LogP contribution in [0.4, 0.5) is 0 Å². The number of piperidine rings is 1. The number of rotatable bonds is 3. The van der Waals surface area contributed by atoms with E-state index in [4.69, 9.17) is 0 Å². The predicted molar refractivity (Wildman–Crippen MR) is 91.5 cm³/mol. The van der Waals surface area contributed by atoms with Gasteiger partial charge in [-0.05, 0) is 38.0 Å². The fraction of sp³-hybridized carbons (Fsp3) is 0.389. The molecule has 0 unspecified atom stereocenters. The molecule has 1 fully saturated rings. The van der Waals surface area contributed by atoms with Crippen LogP contribution in [0.3, 0.4) is 0 Å². The summed E-state index contributed by atoms with van der Waals surface area (Å²) in [6.07, 6.45) is 7.61. The number of para-hydroxylation sites is 2. The van der Waals surface area contributed by atoms with Gasteiger partial charge in [-0.3, -0.25) is 9.48 Å². The van der Waals surface area contributed by atoms with Crippen molar-refractivity contribution in [1.82, 2.24) is 24.2 Å². The Balaban J connectivity index is 1.54. The highest BCUT2D eigenvalue weighted by Gasteiger charge is 2.29. The SMILES string of the molecule is C[C@@H](C(=O)N1CCC[C@H](n2cccn2)C1)n1cnc2ccccc21. The molecule has 1 amide bonds. The van der Waals surface area contributed by atoms with Gasteiger partial charge in [0.25, 0.3) is 0 Å². The Labute approximate surface area is 140 Å². The molecule has 0 aliphatic carbocycles. The summed E-state index contributed by atoms with van der Waals surface area (Å²) in [5, 5.41) is 4.33. The number of hydrogen-bond donors (Lipinski definition) is 0. The summed E-state index contributed by atoms with van der Waals surface area (Å²) in [6, 6.07) is 9.86. The van der Waals surface area contributed by atoms with E-state index < -0.39 is 0 Å². The highest BCUT2D eigenvalue weighted by Crippen LogP contribution is 2.24. The van der Waals surface area contributed by atoms with Crippen molar-refractivity contribution in [3.05, 3.63) is 49.1 Å². The van der Waals surface area contributed by atoms with E-state index in [1.165, 1.54) is 0 Å². The van der Waals surface area contributed by atoms with E-state index in [9.17, 15) is 4.79 Å². The van der Waals surface area contributed by atoms with Crippen molar-refractivity contribution in [1.29, 1.82) is 0 Å². The highest BCUT2D eigenvalue weighted by atomic mass is 16.2. The minimum absolute atomic E-state index is 0.148. The summed E-state index contributed by atoms with van der Waals surface area (Å²) in [6.45, 7) is 3.49. The van der Waals surface area contributed by atoms with Crippen LogP contribution in [0, 0.1) is 0 Å². The zero-order valence-corrected chi connectivity index (χ0v) is 13.7. The molecule has 6 nitrogen and oxygen atoms in total. The third-order valence-corrected chi connectivity index (χ3v) is 4.86. The predicted octanol–water partition coefficient (Wildman–Crippen LogP) is 2.66. The number of carbonyl (C=O) groups is 1. The Morgan fingerprint density at radius 1 is 1.29 bits per heavy atom. The number of carbonyl (C=O) groups excluding carboxylic acids is 1. The van der Waals surface area contributed by atoms with Crippen molar-refractivity contribution in [3.63, 3.8) is 0 Å². The molecule has 1 aliphatic rings. The fourth-order valence-electron chi connectivity index (χ4n) is 3.54. The molecule has 3 heterocycles. The lowest BCUT2D eigenvalue weighted by molar-refractivity contribution is -0.135. The Hall–Kier alpha value is -2.63. The third-order valence-electron chi connectivity index (χ3n) is 4.86. The van der Waals surface area contributed by atoms with Gasteiger partial charge >= 0.3 is 0 Å². The number of nitrogens with zero attached hydrogens (tertiary/aromatic N) is 5. The molecule has 1 saturated heterocycles. The second-order valence-electron chi connectivity index (χ2n) is 6.38. The largest absolute Gasteiger partial charge is 0.339 e. The van der Waals surface area contributed by atoms with Crippen LogP contribution in [0.1, 0.15) is 31.8 Å². The zero-order chi connectivity index (χ0) is 16.5. The Morgan fingerprint density at radius 2 is 2.17 bits per heavy atom. The van der Waals surface area contributed by atoms with Crippen LogP contribution in [0.15, 0.2) is 49.1 Å². The van der Waals surface area contributed by atoms with Gasteiger partial charge in [0.05, 0.1) is 23.4 Å². The van der Waals surface area contributed by atoms with Gasteiger partial charge in [-0.15, -0.1) is 0 Å². The summed E-state index contributed by atoms with van der Waals surface area (Å²) in [5.41, 5.74) is 1.92. The second-order valence-corrected chi connectivity index (χ2v) is 6.38. The van der Waals surface area contributed by atoms with Crippen molar-refractivity contribution in [3.8, 4) is 0 Å². The first-order valence-corrected chi connectivity index (χ1v) is 8.43. The number of likely N-dealkylation sites (tertiary alicyclic amines) is 1. The van der Waals surface area contributed by atoms with E-state index in [-0.39, 0.29) is 18.0 Å². The third kappa shape index (κ3) is 2.58. The van der Waals surface area contributed by atoms with Gasteiger partial charge in [0.15, 0.2) is 0 Å². The maximum atomic E-state index is 13.0. The molecule has 2 aromatic heterocycles. The Morgan fingerprint density at radius 3 is 3.00 bits per heavy atom. The lowest BCUT2D eigenvalue weighted by Crippen LogP contribution is -2.43. The lowest BCUT2D eigenvalue weighted by Gasteiger charge is -2.34. The maximum Gasteiger partial charge on any atom is 0.245 e. The fourth-order valence-corrected chi connectivity index (χ4v) is 3.54. The van der Waals surface area contributed by atoms with E-state index in [0.717, 1.165) is 37.0 Å². The molecule has 0 spiro atoms. The van der Waals surface area contributed by atoms with Crippen molar-refractivity contribution in [2.45, 2.75) is 31.8 Å². The molecule has 1 aromatic carbocycles. The summed E-state index contributed by atoms with van der Waals surface area (Å²) >= 11 is 0. The molecule has 0 radical (unpaired) electrons. The summed E-state index contributed by atoms with van der Waals surface area (Å²) in [5.74, 6) is 0.148. The first-order valence-electron chi connectivity index (χ1n) is 8.43. The molecule has 124 valence electrons. The maximum absolute atomic E-state index is 13.0. The number of fused-ring (bicyclic) bond motifs is 1. The summed E-state index contributed by atoms with van der Waals surface area (Å²) in [7, 11) is 0. The van der Waals surface area contributed by atoms with Crippen LogP contribution in [-0.2, 0) is 4.79 Å². The van der Waals surface area contributed by atoms with E-state index in [1.807, 2.05) is 57.6 Å². The van der Waals surface area contributed by atoms with E-state index >= 15 is 0 Å². The van der Waals surface area contributed by atoms with Crippen molar-refractivity contribution in [2.24, 2.45) is 0 Å². The van der Waals surface area contributed by atoms with Crippen molar-refractivity contribution < 1.29 is 4.79 Å². The standard InChI is InChI=1S/C18H21N5O/c1-14(22-13-19-16-7-2-3-8-17(16)22)18(24)21-10-4-6-15(12-21)23-11-5-9-20-23/h2-3,5,7-9,11,13-15H,4,6,10,12H2,1H3/t14-,15-/m0/s1. The van der Waals surface area contributed by atoms with Crippen LogP contribution in [-0.4, -0.2) is 43.2 Å². The molecular weight excluding hydrogens is 302 g/mol. The molecule has 0 N–H and O–H groups in total. The lowest BCUT2D eigenvalue weighted by atomic mass is 10.0. The molecule has 6 heteroatoms. The highest BCUT2D eigenvalue weighted by molar-refractivity contribution is 5.83. The van der Waals surface area contributed by atoms with Gasteiger partial charge in [-0.2, -0.15) is 5.10 Å². The molecule has 1 aliphatic heterocycles. The molecule has 2 atom stereocenters. The molecular formula is C18H21N5O. The molecule has 0 saturated carbocycles. The van der Waals surface area contributed by atoms with E-state index in [0.29, 0.717) is 0 Å². The first kappa shape index (κ1) is 14.9. The van der Waals surface area contributed by atoms with Gasteiger partial charge in [0, 0.05) is 25.5 Å². The average molecular weight is 323 g/mol. The van der Waals surface area contributed by atoms with Crippen LogP contribution < -0.4 is 0 Å². The number of benzene rings is 1. The van der Waals surface area contributed by atoms with Gasteiger partial charge in [-0.1, -0.05) is 12.1 Å². The smallest absolute Gasteiger partial charge is 0.245 e. The summed E-state index contributed by atoms with van der Waals surface area (Å²) in [4.78, 5) is 19.4. The molecule has 0 bridgehead atoms. The molecule has 4 rings (SSSR count). The Bertz CT molecular complexity index is 838. The van der Waals surface area contributed by atoms with Crippen LogP contribution >= 0.6 is 0 Å². The number of imidazole rings is 1. The van der Waals surface area contributed by atoms with Gasteiger partial charge in [-0.25, -0.2) is 4.98 Å². The van der Waals surface area contributed by atoms with Crippen molar-refractivity contribution >= 4 is 16.9 Å². The minimum Gasteiger partial charge on any atom is -0.339 e. The van der Waals surface area contributed by atoms with Gasteiger partial charge < -0.3 is 9.47 Å². The monoisotopic (exact) mass is 323 g/mol. The van der Waals surface area contributed by atoms with E-state index in [1.54, 1.807) is 12.5 Å². The topological polar surface area (TPSA) is 56.0 Å². The first-order chi connectivity index (χ1) is 11.7. The number of amides is 1. The molecule has 3 aromatic rings. The Kier molecular flexibility index (Phi) is 3.80. The normalized spacial score (nSPS) is 19.5.